The molecule has 0 fully saturated rings. The molecule has 0 aliphatic heterocycles. The summed E-state index contributed by atoms with van der Waals surface area (Å²) in [6.45, 7) is 7.44. The maximum atomic E-state index is 12.3. The lowest BCUT2D eigenvalue weighted by atomic mass is 10.0. The number of aryl methyl sites for hydroxylation is 1. The molecule has 2 aromatic rings. The summed E-state index contributed by atoms with van der Waals surface area (Å²) in [6.07, 6.45) is 5.97. The Morgan fingerprint density at radius 2 is 2.04 bits per heavy atom. The predicted molar refractivity (Wildman–Crippen MR) is 109 cm³/mol. The fraction of sp³-hybridized carbons (Fsp3) is 0.550. The van der Waals surface area contributed by atoms with Crippen molar-refractivity contribution in [3.63, 3.8) is 0 Å². The van der Waals surface area contributed by atoms with Gasteiger partial charge in [0.2, 0.25) is 5.91 Å². The van der Waals surface area contributed by atoms with Gasteiger partial charge in [-0.3, -0.25) is 14.5 Å². The number of H-pyrrole nitrogens is 1. The lowest BCUT2D eigenvalue weighted by Crippen LogP contribution is -2.28. The van der Waals surface area contributed by atoms with Gasteiger partial charge in [0.05, 0.1) is 0 Å². The molecular weight excluding hydrogens is 344 g/mol. The van der Waals surface area contributed by atoms with Crippen LogP contribution in [0.2, 0.25) is 0 Å². The molecule has 2 N–H and O–H groups in total. The molecule has 142 valence electrons. The number of unbranched alkanes of at least 4 members (excludes halogenated alkanes) is 3. The Bertz CT molecular complexity index is 763. The number of amides is 1. The van der Waals surface area contributed by atoms with Crippen LogP contribution in [0.5, 0.6) is 0 Å². The van der Waals surface area contributed by atoms with E-state index in [4.69, 9.17) is 12.2 Å². The van der Waals surface area contributed by atoms with Gasteiger partial charge in [-0.2, -0.15) is 5.10 Å². The standard InChI is InChI=1S/C20H30N4OS/c1-15(2)9-6-4-5-7-12-21-18(25)14-24-19(22-23-20(24)26)17-11-8-10-16(3)13-17/h8,10-11,13,15H,4-7,9,12,14H2,1-3H3,(H,21,25)(H,23,26). The molecule has 0 radical (unpaired) electrons. The topological polar surface area (TPSA) is 62.7 Å². The lowest BCUT2D eigenvalue weighted by molar-refractivity contribution is -0.121. The molecule has 1 aromatic carbocycles. The average molecular weight is 375 g/mol. The molecular formula is C20H30N4OS. The van der Waals surface area contributed by atoms with Gasteiger partial charge >= 0.3 is 0 Å². The molecule has 1 heterocycles. The molecule has 0 bridgehead atoms. The third-order valence-corrected chi connectivity index (χ3v) is 4.68. The van der Waals surface area contributed by atoms with Crippen molar-refractivity contribution in [1.82, 2.24) is 20.1 Å². The highest BCUT2D eigenvalue weighted by Crippen LogP contribution is 2.18. The summed E-state index contributed by atoms with van der Waals surface area (Å²) in [5.41, 5.74) is 2.10. The average Bonchev–Trinajstić information content (AvgIpc) is 2.94. The Balaban J connectivity index is 1.82. The van der Waals surface area contributed by atoms with Crippen LogP contribution in [0.15, 0.2) is 24.3 Å². The maximum absolute atomic E-state index is 12.3. The van der Waals surface area contributed by atoms with E-state index in [1.165, 1.54) is 19.3 Å². The summed E-state index contributed by atoms with van der Waals surface area (Å²) >= 11 is 5.29. The van der Waals surface area contributed by atoms with Crippen LogP contribution in [0, 0.1) is 17.6 Å². The molecule has 0 spiro atoms. The molecule has 0 atom stereocenters. The van der Waals surface area contributed by atoms with Crippen molar-refractivity contribution in [3.05, 3.63) is 34.6 Å². The van der Waals surface area contributed by atoms with Gasteiger partial charge in [0.25, 0.3) is 0 Å². The highest BCUT2D eigenvalue weighted by molar-refractivity contribution is 7.71. The van der Waals surface area contributed by atoms with Crippen LogP contribution in [-0.4, -0.2) is 27.2 Å². The summed E-state index contributed by atoms with van der Waals surface area (Å²) in [7, 11) is 0. The summed E-state index contributed by atoms with van der Waals surface area (Å²) in [4.78, 5) is 12.3. The first-order valence-corrected chi connectivity index (χ1v) is 9.87. The van der Waals surface area contributed by atoms with E-state index in [2.05, 4.69) is 29.4 Å². The van der Waals surface area contributed by atoms with Crippen molar-refractivity contribution >= 4 is 18.1 Å². The third-order valence-electron chi connectivity index (χ3n) is 4.37. The van der Waals surface area contributed by atoms with Gasteiger partial charge in [0, 0.05) is 12.1 Å². The van der Waals surface area contributed by atoms with Crippen LogP contribution < -0.4 is 5.32 Å². The molecule has 0 unspecified atom stereocenters. The Hall–Kier alpha value is -1.95. The second-order valence-corrected chi connectivity index (χ2v) is 7.64. The number of aromatic nitrogens is 3. The number of nitrogens with one attached hydrogen (secondary N) is 2. The van der Waals surface area contributed by atoms with Gasteiger partial charge in [-0.25, -0.2) is 0 Å². The smallest absolute Gasteiger partial charge is 0.240 e. The molecule has 5 nitrogen and oxygen atoms in total. The Morgan fingerprint density at radius 1 is 1.27 bits per heavy atom. The number of aromatic amines is 1. The monoisotopic (exact) mass is 374 g/mol. The van der Waals surface area contributed by atoms with Gasteiger partial charge in [0.15, 0.2) is 10.6 Å². The first-order valence-electron chi connectivity index (χ1n) is 9.46. The number of benzene rings is 1. The zero-order valence-electron chi connectivity index (χ0n) is 16.0. The van der Waals surface area contributed by atoms with Crippen molar-refractivity contribution < 1.29 is 4.79 Å². The summed E-state index contributed by atoms with van der Waals surface area (Å²) in [5.74, 6) is 1.44. The molecule has 6 heteroatoms. The lowest BCUT2D eigenvalue weighted by Gasteiger charge is -2.09. The molecule has 0 aliphatic rings. The van der Waals surface area contributed by atoms with E-state index in [1.54, 1.807) is 4.57 Å². The maximum Gasteiger partial charge on any atom is 0.240 e. The minimum absolute atomic E-state index is 0.0291. The van der Waals surface area contributed by atoms with Gasteiger partial charge in [-0.15, -0.1) is 0 Å². The fourth-order valence-electron chi connectivity index (χ4n) is 2.93. The van der Waals surface area contributed by atoms with Crippen molar-refractivity contribution in [1.29, 1.82) is 0 Å². The number of nitrogens with zero attached hydrogens (tertiary/aromatic N) is 2. The Morgan fingerprint density at radius 3 is 2.77 bits per heavy atom. The second-order valence-electron chi connectivity index (χ2n) is 7.25. The molecule has 1 aromatic heterocycles. The quantitative estimate of drug-likeness (QED) is 0.470. The summed E-state index contributed by atoms with van der Waals surface area (Å²) in [6, 6.07) is 8.02. The largest absolute Gasteiger partial charge is 0.355 e. The number of carbonyl (C=O) groups excluding carboxylic acids is 1. The normalized spacial score (nSPS) is 11.1. The summed E-state index contributed by atoms with van der Waals surface area (Å²) in [5, 5.41) is 10.1. The van der Waals surface area contributed by atoms with E-state index in [1.807, 2.05) is 31.2 Å². The van der Waals surface area contributed by atoms with Gasteiger partial charge in [-0.1, -0.05) is 63.3 Å². The zero-order chi connectivity index (χ0) is 18.9. The minimum atomic E-state index is -0.0291. The molecule has 26 heavy (non-hydrogen) atoms. The molecule has 2 rings (SSSR count). The molecule has 1 amide bonds. The van der Waals surface area contributed by atoms with Gasteiger partial charge in [-0.05, 0) is 37.5 Å². The van der Waals surface area contributed by atoms with E-state index >= 15 is 0 Å². The third kappa shape index (κ3) is 6.41. The Labute approximate surface area is 161 Å². The van der Waals surface area contributed by atoms with E-state index in [0.29, 0.717) is 17.1 Å². The van der Waals surface area contributed by atoms with Gasteiger partial charge in [0.1, 0.15) is 6.54 Å². The van der Waals surface area contributed by atoms with E-state index in [-0.39, 0.29) is 12.5 Å². The van der Waals surface area contributed by atoms with Crippen LogP contribution in [0.1, 0.15) is 51.5 Å². The first-order chi connectivity index (χ1) is 12.5. The number of rotatable bonds is 10. The van der Waals surface area contributed by atoms with Crippen molar-refractivity contribution in [2.24, 2.45) is 5.92 Å². The van der Waals surface area contributed by atoms with E-state index in [0.717, 1.165) is 29.9 Å². The highest BCUT2D eigenvalue weighted by Gasteiger charge is 2.12. The molecule has 0 saturated heterocycles. The van der Waals surface area contributed by atoms with E-state index < -0.39 is 0 Å². The van der Waals surface area contributed by atoms with Gasteiger partial charge < -0.3 is 5.32 Å². The van der Waals surface area contributed by atoms with Crippen LogP contribution in [0.3, 0.4) is 0 Å². The first kappa shape index (κ1) is 20.4. The minimum Gasteiger partial charge on any atom is -0.355 e. The zero-order valence-corrected chi connectivity index (χ0v) is 16.9. The molecule has 0 aliphatic carbocycles. The van der Waals surface area contributed by atoms with Crippen molar-refractivity contribution in [3.8, 4) is 11.4 Å². The highest BCUT2D eigenvalue weighted by atomic mass is 32.1. The van der Waals surface area contributed by atoms with Crippen LogP contribution >= 0.6 is 12.2 Å². The van der Waals surface area contributed by atoms with Crippen molar-refractivity contribution in [2.45, 2.75) is 59.4 Å². The van der Waals surface area contributed by atoms with Crippen LogP contribution in [-0.2, 0) is 11.3 Å². The van der Waals surface area contributed by atoms with Crippen molar-refractivity contribution in [2.75, 3.05) is 6.54 Å². The fourth-order valence-corrected chi connectivity index (χ4v) is 3.12. The number of hydrogen-bond donors (Lipinski definition) is 2. The SMILES string of the molecule is Cc1cccc(-c2n[nH]c(=S)n2CC(=O)NCCCCCCC(C)C)c1. The second kappa shape index (κ2) is 10.3. The van der Waals surface area contributed by atoms with Crippen LogP contribution in [0.25, 0.3) is 11.4 Å². The van der Waals surface area contributed by atoms with E-state index in [9.17, 15) is 4.79 Å². The number of carbonyl (C=O) groups is 1. The Kier molecular flexibility index (Phi) is 8.04. The number of hydrogen-bond acceptors (Lipinski definition) is 3. The predicted octanol–water partition coefficient (Wildman–Crippen LogP) is 4.64. The van der Waals surface area contributed by atoms with Crippen LogP contribution in [0.4, 0.5) is 0 Å². The molecule has 0 saturated carbocycles. The summed E-state index contributed by atoms with van der Waals surface area (Å²) < 4.78 is 2.22.